The lowest BCUT2D eigenvalue weighted by molar-refractivity contribution is 0.217. The molecule has 2 aromatic rings. The molecule has 1 heterocycles. The second-order valence-corrected chi connectivity index (χ2v) is 3.78. The van der Waals surface area contributed by atoms with Gasteiger partial charge in [-0.3, -0.25) is 4.79 Å². The van der Waals surface area contributed by atoms with Gasteiger partial charge in [0.05, 0.1) is 17.8 Å². The standard InChI is InChI=1S/C13H14O3/c1-3-9(2)16-10-4-5-11-12(14)6-7-15-13(11)8-10/h4-9H,3H2,1-2H3/t9-/m1/s1. The van der Waals surface area contributed by atoms with Crippen LogP contribution in [-0.2, 0) is 0 Å². The highest BCUT2D eigenvalue weighted by molar-refractivity contribution is 5.77. The van der Waals surface area contributed by atoms with Gasteiger partial charge < -0.3 is 9.15 Å². The molecule has 0 aliphatic carbocycles. The summed E-state index contributed by atoms with van der Waals surface area (Å²) in [5, 5.41) is 0.582. The maximum atomic E-state index is 11.5. The van der Waals surface area contributed by atoms with Gasteiger partial charge in [-0.05, 0) is 25.5 Å². The third-order valence-corrected chi connectivity index (χ3v) is 2.55. The van der Waals surface area contributed by atoms with Crippen LogP contribution in [0.2, 0.25) is 0 Å². The SMILES string of the molecule is CC[C@@H](C)Oc1ccc2c(=O)ccoc2c1. The Hall–Kier alpha value is -1.77. The second kappa shape index (κ2) is 4.39. The van der Waals surface area contributed by atoms with Crippen LogP contribution in [0.15, 0.2) is 39.7 Å². The Kier molecular flexibility index (Phi) is 2.95. The van der Waals surface area contributed by atoms with E-state index in [1.807, 2.05) is 6.92 Å². The molecule has 0 saturated heterocycles. The Morgan fingerprint density at radius 2 is 2.19 bits per heavy atom. The molecule has 1 aromatic carbocycles. The first-order valence-electron chi connectivity index (χ1n) is 5.39. The summed E-state index contributed by atoms with van der Waals surface area (Å²) in [5.41, 5.74) is 0.532. The van der Waals surface area contributed by atoms with E-state index < -0.39 is 0 Å². The van der Waals surface area contributed by atoms with Crippen LogP contribution in [-0.4, -0.2) is 6.10 Å². The van der Waals surface area contributed by atoms with Crippen LogP contribution in [0, 0.1) is 0 Å². The third kappa shape index (κ3) is 2.08. The molecule has 2 rings (SSSR count). The molecule has 1 aromatic heterocycles. The van der Waals surface area contributed by atoms with E-state index in [1.165, 1.54) is 12.3 Å². The smallest absolute Gasteiger partial charge is 0.192 e. The van der Waals surface area contributed by atoms with Crippen LogP contribution in [0.25, 0.3) is 11.0 Å². The predicted molar refractivity (Wildman–Crippen MR) is 62.9 cm³/mol. The summed E-state index contributed by atoms with van der Waals surface area (Å²) in [6.45, 7) is 4.07. The number of fused-ring (bicyclic) bond motifs is 1. The largest absolute Gasteiger partial charge is 0.491 e. The van der Waals surface area contributed by atoms with E-state index in [1.54, 1.807) is 18.2 Å². The summed E-state index contributed by atoms with van der Waals surface area (Å²) in [6.07, 6.45) is 2.50. The molecule has 0 saturated carbocycles. The highest BCUT2D eigenvalue weighted by Crippen LogP contribution is 2.19. The molecule has 0 bridgehead atoms. The Morgan fingerprint density at radius 3 is 2.94 bits per heavy atom. The van der Waals surface area contributed by atoms with E-state index in [2.05, 4.69) is 6.92 Å². The van der Waals surface area contributed by atoms with Crippen molar-refractivity contribution in [3.05, 3.63) is 40.8 Å². The van der Waals surface area contributed by atoms with E-state index >= 15 is 0 Å². The van der Waals surface area contributed by atoms with Crippen molar-refractivity contribution in [2.75, 3.05) is 0 Å². The van der Waals surface area contributed by atoms with Gasteiger partial charge in [0.1, 0.15) is 11.3 Å². The summed E-state index contributed by atoms with van der Waals surface area (Å²) in [5.74, 6) is 0.733. The van der Waals surface area contributed by atoms with Gasteiger partial charge in [-0.25, -0.2) is 0 Å². The monoisotopic (exact) mass is 218 g/mol. The lowest BCUT2D eigenvalue weighted by Gasteiger charge is -2.12. The second-order valence-electron chi connectivity index (χ2n) is 3.78. The first-order valence-corrected chi connectivity index (χ1v) is 5.39. The maximum absolute atomic E-state index is 11.5. The van der Waals surface area contributed by atoms with E-state index in [9.17, 15) is 4.79 Å². The van der Waals surface area contributed by atoms with Gasteiger partial charge in [0.25, 0.3) is 0 Å². The van der Waals surface area contributed by atoms with Crippen LogP contribution in [0.5, 0.6) is 5.75 Å². The average molecular weight is 218 g/mol. The summed E-state index contributed by atoms with van der Waals surface area (Å²) in [7, 11) is 0. The van der Waals surface area contributed by atoms with Gasteiger partial charge in [-0.15, -0.1) is 0 Å². The van der Waals surface area contributed by atoms with Crippen molar-refractivity contribution in [1.29, 1.82) is 0 Å². The molecule has 0 aliphatic heterocycles. The molecule has 0 radical (unpaired) electrons. The van der Waals surface area contributed by atoms with Crippen LogP contribution >= 0.6 is 0 Å². The van der Waals surface area contributed by atoms with Gasteiger partial charge in [0.15, 0.2) is 5.43 Å². The van der Waals surface area contributed by atoms with E-state index in [0.29, 0.717) is 11.0 Å². The summed E-state index contributed by atoms with van der Waals surface area (Å²) < 4.78 is 10.9. The Morgan fingerprint density at radius 1 is 1.38 bits per heavy atom. The van der Waals surface area contributed by atoms with E-state index in [4.69, 9.17) is 9.15 Å². The van der Waals surface area contributed by atoms with E-state index in [-0.39, 0.29) is 11.5 Å². The number of hydrogen-bond donors (Lipinski definition) is 0. The molecule has 3 nitrogen and oxygen atoms in total. The number of benzene rings is 1. The quantitative estimate of drug-likeness (QED) is 0.795. The van der Waals surface area contributed by atoms with Crippen molar-refractivity contribution >= 4 is 11.0 Å². The Labute approximate surface area is 93.7 Å². The first-order chi connectivity index (χ1) is 7.70. The predicted octanol–water partition coefficient (Wildman–Crippen LogP) is 2.97. The fraction of sp³-hybridized carbons (Fsp3) is 0.308. The van der Waals surface area contributed by atoms with Crippen molar-refractivity contribution in [2.24, 2.45) is 0 Å². The van der Waals surface area contributed by atoms with Gasteiger partial charge >= 0.3 is 0 Å². The molecular formula is C13H14O3. The lowest BCUT2D eigenvalue weighted by Crippen LogP contribution is -2.09. The number of rotatable bonds is 3. The molecule has 16 heavy (non-hydrogen) atoms. The van der Waals surface area contributed by atoms with Crippen LogP contribution in [0.4, 0.5) is 0 Å². The zero-order chi connectivity index (χ0) is 11.5. The molecule has 0 unspecified atom stereocenters. The minimum atomic E-state index is -0.0312. The fourth-order valence-electron chi connectivity index (χ4n) is 1.45. The normalized spacial score (nSPS) is 12.6. The molecule has 0 N–H and O–H groups in total. The molecule has 1 atom stereocenters. The van der Waals surface area contributed by atoms with Crippen LogP contribution in [0.1, 0.15) is 20.3 Å². The first kappa shape index (κ1) is 10.7. The molecule has 0 fully saturated rings. The van der Waals surface area contributed by atoms with Gasteiger partial charge in [0.2, 0.25) is 0 Å². The van der Waals surface area contributed by atoms with E-state index in [0.717, 1.165) is 12.2 Å². The average Bonchev–Trinajstić information content (AvgIpc) is 2.29. The van der Waals surface area contributed by atoms with Crippen molar-refractivity contribution in [1.82, 2.24) is 0 Å². The van der Waals surface area contributed by atoms with Gasteiger partial charge in [0, 0.05) is 12.1 Å². The Balaban J connectivity index is 2.41. The maximum Gasteiger partial charge on any atom is 0.192 e. The molecular weight excluding hydrogens is 204 g/mol. The highest BCUT2D eigenvalue weighted by Gasteiger charge is 2.04. The summed E-state index contributed by atoms with van der Waals surface area (Å²) >= 11 is 0. The van der Waals surface area contributed by atoms with Crippen molar-refractivity contribution in [3.8, 4) is 5.75 Å². The fourth-order valence-corrected chi connectivity index (χ4v) is 1.45. The summed E-state index contributed by atoms with van der Waals surface area (Å²) in [6, 6.07) is 6.70. The van der Waals surface area contributed by atoms with Crippen molar-refractivity contribution in [3.63, 3.8) is 0 Å². The number of hydrogen-bond acceptors (Lipinski definition) is 3. The lowest BCUT2D eigenvalue weighted by atomic mass is 10.2. The van der Waals surface area contributed by atoms with Crippen molar-refractivity contribution in [2.45, 2.75) is 26.4 Å². The molecule has 0 amide bonds. The summed E-state index contributed by atoms with van der Waals surface area (Å²) in [4.78, 5) is 11.5. The topological polar surface area (TPSA) is 39.4 Å². The minimum Gasteiger partial charge on any atom is -0.491 e. The van der Waals surface area contributed by atoms with Crippen LogP contribution < -0.4 is 10.2 Å². The van der Waals surface area contributed by atoms with Gasteiger partial charge in [-0.1, -0.05) is 6.92 Å². The Bertz CT molecular complexity index is 542. The zero-order valence-electron chi connectivity index (χ0n) is 9.40. The van der Waals surface area contributed by atoms with Crippen molar-refractivity contribution < 1.29 is 9.15 Å². The van der Waals surface area contributed by atoms with Crippen LogP contribution in [0.3, 0.4) is 0 Å². The highest BCUT2D eigenvalue weighted by atomic mass is 16.5. The molecule has 0 aliphatic rings. The third-order valence-electron chi connectivity index (χ3n) is 2.55. The molecule has 0 spiro atoms. The number of ether oxygens (including phenoxy) is 1. The van der Waals surface area contributed by atoms with Gasteiger partial charge in [-0.2, -0.15) is 0 Å². The minimum absolute atomic E-state index is 0.0312. The molecule has 3 heteroatoms. The zero-order valence-corrected chi connectivity index (χ0v) is 9.40. The molecule has 84 valence electrons.